The number of aryl methyl sites for hydroxylation is 2. The zero-order valence-corrected chi connectivity index (χ0v) is 16.8. The van der Waals surface area contributed by atoms with Crippen molar-refractivity contribution in [1.29, 1.82) is 0 Å². The van der Waals surface area contributed by atoms with Gasteiger partial charge in [0.2, 0.25) is 11.8 Å². The molecule has 6 heteroatoms. The molecule has 0 unspecified atom stereocenters. The zero-order chi connectivity index (χ0) is 19.6. The predicted octanol–water partition coefficient (Wildman–Crippen LogP) is 4.13. The minimum atomic E-state index is -0.138. The number of rotatable bonds is 9. The van der Waals surface area contributed by atoms with Crippen LogP contribution in [0.15, 0.2) is 42.5 Å². The lowest BCUT2D eigenvalue weighted by Crippen LogP contribution is -2.19. The molecule has 0 saturated heterocycles. The highest BCUT2D eigenvalue weighted by molar-refractivity contribution is 8.00. The first-order chi connectivity index (χ1) is 13.1. The molecule has 0 aromatic heterocycles. The smallest absolute Gasteiger partial charge is 0.234 e. The van der Waals surface area contributed by atoms with Crippen LogP contribution in [0.3, 0.4) is 0 Å². The number of methoxy groups -OCH3 is 1. The Morgan fingerprint density at radius 2 is 1.44 bits per heavy atom. The number of amides is 2. The Hall–Kier alpha value is -2.47. The van der Waals surface area contributed by atoms with Crippen molar-refractivity contribution < 1.29 is 14.3 Å². The third-order valence-corrected chi connectivity index (χ3v) is 5.04. The van der Waals surface area contributed by atoms with Crippen molar-refractivity contribution in [2.24, 2.45) is 0 Å². The summed E-state index contributed by atoms with van der Waals surface area (Å²) in [5.41, 5.74) is 3.88. The average molecular weight is 387 g/mol. The summed E-state index contributed by atoms with van der Waals surface area (Å²) in [6, 6.07) is 13.2. The molecule has 144 valence electrons. The van der Waals surface area contributed by atoms with Crippen LogP contribution in [-0.2, 0) is 22.4 Å². The van der Waals surface area contributed by atoms with E-state index in [2.05, 4.69) is 24.5 Å². The fourth-order valence-electron chi connectivity index (χ4n) is 2.69. The van der Waals surface area contributed by atoms with E-state index in [0.717, 1.165) is 35.4 Å². The summed E-state index contributed by atoms with van der Waals surface area (Å²) in [6.45, 7) is 4.14. The second-order valence-corrected chi connectivity index (χ2v) is 6.96. The van der Waals surface area contributed by atoms with Gasteiger partial charge in [-0.3, -0.25) is 9.59 Å². The van der Waals surface area contributed by atoms with E-state index in [1.807, 2.05) is 18.2 Å². The number of ether oxygens (including phenoxy) is 1. The molecule has 0 saturated carbocycles. The third-order valence-electron chi connectivity index (χ3n) is 4.10. The number of benzene rings is 2. The number of nitrogens with one attached hydrogen (secondary N) is 2. The second kappa shape index (κ2) is 10.6. The van der Waals surface area contributed by atoms with Gasteiger partial charge in [-0.05, 0) is 48.2 Å². The van der Waals surface area contributed by atoms with Gasteiger partial charge >= 0.3 is 0 Å². The molecule has 0 aliphatic carbocycles. The number of carbonyl (C=O) groups excluding carboxylic acids is 2. The lowest BCUT2D eigenvalue weighted by Gasteiger charge is -2.14. The van der Waals surface area contributed by atoms with E-state index >= 15 is 0 Å². The molecule has 0 atom stereocenters. The number of anilines is 2. The quantitative estimate of drug-likeness (QED) is 0.680. The predicted molar refractivity (Wildman–Crippen MR) is 113 cm³/mol. The number of carbonyl (C=O) groups is 2. The molecule has 2 N–H and O–H groups in total. The van der Waals surface area contributed by atoms with E-state index in [9.17, 15) is 9.59 Å². The summed E-state index contributed by atoms with van der Waals surface area (Å²) in [5, 5.41) is 5.82. The van der Waals surface area contributed by atoms with Gasteiger partial charge in [0, 0.05) is 11.4 Å². The zero-order valence-electron chi connectivity index (χ0n) is 16.0. The summed E-state index contributed by atoms with van der Waals surface area (Å²) < 4.78 is 5.09. The fourth-order valence-corrected chi connectivity index (χ4v) is 3.30. The van der Waals surface area contributed by atoms with Crippen LogP contribution in [0.25, 0.3) is 0 Å². The molecule has 27 heavy (non-hydrogen) atoms. The normalized spacial score (nSPS) is 10.3. The first-order valence-electron chi connectivity index (χ1n) is 8.99. The third kappa shape index (κ3) is 6.32. The highest BCUT2D eigenvalue weighted by Crippen LogP contribution is 2.23. The maximum atomic E-state index is 12.3. The van der Waals surface area contributed by atoms with Crippen LogP contribution >= 0.6 is 11.8 Å². The van der Waals surface area contributed by atoms with Crippen LogP contribution in [0.5, 0.6) is 5.75 Å². The molecule has 0 spiro atoms. The van der Waals surface area contributed by atoms with Gasteiger partial charge in [-0.25, -0.2) is 0 Å². The maximum absolute atomic E-state index is 12.3. The monoisotopic (exact) mass is 386 g/mol. The van der Waals surface area contributed by atoms with Gasteiger partial charge in [-0.15, -0.1) is 11.8 Å². The Morgan fingerprint density at radius 3 is 1.96 bits per heavy atom. The van der Waals surface area contributed by atoms with Gasteiger partial charge in [-0.1, -0.05) is 32.0 Å². The maximum Gasteiger partial charge on any atom is 0.234 e. The van der Waals surface area contributed by atoms with Crippen LogP contribution in [0.4, 0.5) is 11.4 Å². The molecule has 0 aliphatic rings. The van der Waals surface area contributed by atoms with E-state index in [4.69, 9.17) is 4.74 Å². The van der Waals surface area contributed by atoms with Crippen molar-refractivity contribution in [3.05, 3.63) is 53.6 Å². The topological polar surface area (TPSA) is 67.4 Å². The molecule has 2 aromatic carbocycles. The first-order valence-corrected chi connectivity index (χ1v) is 10.1. The minimum absolute atomic E-state index is 0.0900. The molecular weight excluding hydrogens is 360 g/mol. The standard InChI is InChI=1S/C21H26N2O3S/c1-4-15-7-6-8-16(5-2)21(15)23-20(25)14-27-13-19(24)22-17-9-11-18(26-3)12-10-17/h6-12H,4-5,13-14H2,1-3H3,(H,22,24)(H,23,25). The summed E-state index contributed by atoms with van der Waals surface area (Å²) >= 11 is 1.29. The average Bonchev–Trinajstić information content (AvgIpc) is 2.68. The number of hydrogen-bond donors (Lipinski definition) is 2. The molecule has 0 radical (unpaired) electrons. The molecular formula is C21H26N2O3S. The Bertz CT molecular complexity index is 753. The lowest BCUT2D eigenvalue weighted by molar-refractivity contribution is -0.114. The van der Waals surface area contributed by atoms with E-state index < -0.39 is 0 Å². The summed E-state index contributed by atoms with van der Waals surface area (Å²) in [4.78, 5) is 24.3. The van der Waals surface area contributed by atoms with Crippen molar-refractivity contribution in [2.75, 3.05) is 29.2 Å². The Balaban J connectivity index is 1.81. The van der Waals surface area contributed by atoms with Crippen LogP contribution < -0.4 is 15.4 Å². The van der Waals surface area contributed by atoms with Gasteiger partial charge < -0.3 is 15.4 Å². The van der Waals surface area contributed by atoms with Gasteiger partial charge in [-0.2, -0.15) is 0 Å². The number of hydrogen-bond acceptors (Lipinski definition) is 4. The summed E-state index contributed by atoms with van der Waals surface area (Å²) in [5.74, 6) is 0.957. The van der Waals surface area contributed by atoms with Crippen LogP contribution in [0, 0.1) is 0 Å². The Morgan fingerprint density at radius 1 is 0.889 bits per heavy atom. The Kier molecular flexibility index (Phi) is 8.20. The summed E-state index contributed by atoms with van der Waals surface area (Å²) in [6.07, 6.45) is 1.72. The number of para-hydroxylation sites is 1. The molecule has 0 fully saturated rings. The van der Waals surface area contributed by atoms with Crippen LogP contribution in [0.2, 0.25) is 0 Å². The van der Waals surface area contributed by atoms with Crippen molar-refractivity contribution in [3.8, 4) is 5.75 Å². The van der Waals surface area contributed by atoms with Crippen molar-refractivity contribution in [1.82, 2.24) is 0 Å². The van der Waals surface area contributed by atoms with E-state index in [0.29, 0.717) is 5.69 Å². The largest absolute Gasteiger partial charge is 0.497 e. The Labute approximate surface area is 164 Å². The van der Waals surface area contributed by atoms with Crippen molar-refractivity contribution >= 4 is 35.0 Å². The first kappa shape index (κ1) is 20.8. The SMILES string of the molecule is CCc1cccc(CC)c1NC(=O)CSCC(=O)Nc1ccc(OC)cc1. The van der Waals surface area contributed by atoms with E-state index in [1.165, 1.54) is 11.8 Å². The highest BCUT2D eigenvalue weighted by atomic mass is 32.2. The van der Waals surface area contributed by atoms with Gasteiger partial charge in [0.25, 0.3) is 0 Å². The second-order valence-electron chi connectivity index (χ2n) is 5.98. The van der Waals surface area contributed by atoms with Gasteiger partial charge in [0.15, 0.2) is 0 Å². The van der Waals surface area contributed by atoms with Gasteiger partial charge in [0.1, 0.15) is 5.75 Å². The molecule has 0 bridgehead atoms. The summed E-state index contributed by atoms with van der Waals surface area (Å²) in [7, 11) is 1.59. The number of thioether (sulfide) groups is 1. The molecule has 2 amide bonds. The molecule has 2 rings (SSSR count). The molecule has 5 nitrogen and oxygen atoms in total. The van der Waals surface area contributed by atoms with Crippen molar-refractivity contribution in [2.45, 2.75) is 26.7 Å². The van der Waals surface area contributed by atoms with Gasteiger partial charge in [0.05, 0.1) is 18.6 Å². The van der Waals surface area contributed by atoms with Crippen LogP contribution in [0.1, 0.15) is 25.0 Å². The molecule has 2 aromatic rings. The van der Waals surface area contributed by atoms with Crippen molar-refractivity contribution in [3.63, 3.8) is 0 Å². The highest BCUT2D eigenvalue weighted by Gasteiger charge is 2.11. The minimum Gasteiger partial charge on any atom is -0.497 e. The molecule has 0 heterocycles. The van der Waals surface area contributed by atoms with Crippen LogP contribution in [-0.4, -0.2) is 30.4 Å². The van der Waals surface area contributed by atoms with E-state index in [-0.39, 0.29) is 23.3 Å². The fraction of sp³-hybridized carbons (Fsp3) is 0.333. The lowest BCUT2D eigenvalue weighted by atomic mass is 10.0. The van der Waals surface area contributed by atoms with E-state index in [1.54, 1.807) is 31.4 Å². The molecule has 0 aliphatic heterocycles.